The smallest absolute Gasteiger partial charge is 0.228 e. The van der Waals surface area contributed by atoms with Gasteiger partial charge in [0, 0.05) is 12.7 Å². The molecule has 1 aromatic carbocycles. The van der Waals surface area contributed by atoms with E-state index in [0.29, 0.717) is 19.4 Å². The minimum Gasteiger partial charge on any atom is -0.383 e. The predicted octanol–water partition coefficient (Wildman–Crippen LogP) is 5.46. The first-order chi connectivity index (χ1) is 13.0. The molecule has 0 amide bonds. The molecule has 0 aliphatic rings. The van der Waals surface area contributed by atoms with Crippen molar-refractivity contribution in [3.63, 3.8) is 0 Å². The van der Waals surface area contributed by atoms with Gasteiger partial charge in [-0.3, -0.25) is 4.57 Å². The van der Waals surface area contributed by atoms with Crippen molar-refractivity contribution in [2.75, 3.05) is 12.7 Å². The van der Waals surface area contributed by atoms with Crippen molar-refractivity contribution in [2.24, 2.45) is 0 Å². The molecule has 0 bridgehead atoms. The van der Waals surface area contributed by atoms with E-state index in [-0.39, 0.29) is 6.16 Å². The molecule has 0 aromatic heterocycles. The SMILES string of the molecule is CCCCCCCCCc1ccc(CNCCCP(=O)(O)C(O)CC)cc1. The van der Waals surface area contributed by atoms with Crippen LogP contribution in [-0.4, -0.2) is 28.6 Å². The van der Waals surface area contributed by atoms with Gasteiger partial charge in [-0.2, -0.15) is 0 Å². The van der Waals surface area contributed by atoms with Crippen molar-refractivity contribution in [1.82, 2.24) is 5.32 Å². The summed E-state index contributed by atoms with van der Waals surface area (Å²) in [4.78, 5) is 9.75. The fourth-order valence-corrected chi connectivity index (χ4v) is 4.69. The largest absolute Gasteiger partial charge is 0.383 e. The first-order valence-corrected chi connectivity index (χ1v) is 12.7. The summed E-state index contributed by atoms with van der Waals surface area (Å²) in [5.41, 5.74) is 2.64. The lowest BCUT2D eigenvalue weighted by Gasteiger charge is -2.16. The van der Waals surface area contributed by atoms with Gasteiger partial charge in [-0.1, -0.05) is 76.6 Å². The Kier molecular flexibility index (Phi) is 12.9. The Morgan fingerprint density at radius 1 is 0.926 bits per heavy atom. The molecule has 1 rings (SSSR count). The van der Waals surface area contributed by atoms with Gasteiger partial charge in [0.2, 0.25) is 7.37 Å². The lowest BCUT2D eigenvalue weighted by Crippen LogP contribution is -2.17. The lowest BCUT2D eigenvalue weighted by atomic mass is 10.0. The maximum absolute atomic E-state index is 11.9. The molecule has 0 heterocycles. The van der Waals surface area contributed by atoms with Gasteiger partial charge in [-0.05, 0) is 43.4 Å². The van der Waals surface area contributed by atoms with Gasteiger partial charge in [0.1, 0.15) is 5.85 Å². The molecule has 0 aliphatic carbocycles. The van der Waals surface area contributed by atoms with E-state index in [2.05, 4.69) is 36.5 Å². The summed E-state index contributed by atoms with van der Waals surface area (Å²) >= 11 is 0. The fourth-order valence-electron chi connectivity index (χ4n) is 3.21. The first-order valence-electron chi connectivity index (χ1n) is 10.8. The molecule has 27 heavy (non-hydrogen) atoms. The van der Waals surface area contributed by atoms with Crippen molar-refractivity contribution >= 4 is 7.37 Å². The van der Waals surface area contributed by atoms with Crippen molar-refractivity contribution < 1.29 is 14.6 Å². The number of aliphatic hydroxyl groups excluding tert-OH is 1. The van der Waals surface area contributed by atoms with Crippen LogP contribution in [0.5, 0.6) is 0 Å². The van der Waals surface area contributed by atoms with Crippen LogP contribution in [0, 0.1) is 0 Å². The molecular formula is C22H40NO3P. The number of aryl methyl sites for hydroxylation is 1. The second-order valence-corrected chi connectivity index (χ2v) is 10.1. The third-order valence-corrected chi connectivity index (χ3v) is 7.34. The monoisotopic (exact) mass is 397 g/mol. The van der Waals surface area contributed by atoms with E-state index >= 15 is 0 Å². The number of benzene rings is 1. The average molecular weight is 398 g/mol. The molecule has 5 heteroatoms. The molecule has 1 aromatic rings. The van der Waals surface area contributed by atoms with Gasteiger partial charge in [-0.15, -0.1) is 0 Å². The Bertz CT molecular complexity index is 533. The maximum Gasteiger partial charge on any atom is 0.228 e. The minimum absolute atomic E-state index is 0.173. The van der Waals surface area contributed by atoms with E-state index in [1.165, 1.54) is 56.1 Å². The molecule has 0 radical (unpaired) electrons. The van der Waals surface area contributed by atoms with E-state index in [1.807, 2.05) is 0 Å². The minimum atomic E-state index is -3.41. The number of hydrogen-bond acceptors (Lipinski definition) is 3. The predicted molar refractivity (Wildman–Crippen MR) is 115 cm³/mol. The fraction of sp³-hybridized carbons (Fsp3) is 0.727. The highest BCUT2D eigenvalue weighted by atomic mass is 31.2. The molecule has 0 saturated carbocycles. The van der Waals surface area contributed by atoms with Crippen LogP contribution in [-0.2, 0) is 17.5 Å². The van der Waals surface area contributed by atoms with Crippen LogP contribution in [0.4, 0.5) is 0 Å². The van der Waals surface area contributed by atoms with Gasteiger partial charge in [0.15, 0.2) is 0 Å². The van der Waals surface area contributed by atoms with E-state index in [0.717, 1.165) is 13.0 Å². The molecule has 2 atom stereocenters. The Morgan fingerprint density at radius 2 is 1.52 bits per heavy atom. The Hall–Kier alpha value is -0.670. The van der Waals surface area contributed by atoms with Crippen LogP contribution >= 0.6 is 7.37 Å². The summed E-state index contributed by atoms with van der Waals surface area (Å²) < 4.78 is 11.9. The zero-order valence-electron chi connectivity index (χ0n) is 17.3. The summed E-state index contributed by atoms with van der Waals surface area (Å²) in [5, 5.41) is 12.9. The highest BCUT2D eigenvalue weighted by Gasteiger charge is 2.26. The zero-order chi connectivity index (χ0) is 20.0. The van der Waals surface area contributed by atoms with Crippen LogP contribution < -0.4 is 5.32 Å². The van der Waals surface area contributed by atoms with Crippen molar-refractivity contribution in [1.29, 1.82) is 0 Å². The highest BCUT2D eigenvalue weighted by Crippen LogP contribution is 2.46. The van der Waals surface area contributed by atoms with Crippen molar-refractivity contribution in [3.05, 3.63) is 35.4 Å². The molecule has 0 saturated heterocycles. The Morgan fingerprint density at radius 3 is 2.15 bits per heavy atom. The van der Waals surface area contributed by atoms with Crippen LogP contribution in [0.15, 0.2) is 24.3 Å². The topological polar surface area (TPSA) is 69.6 Å². The van der Waals surface area contributed by atoms with E-state index in [9.17, 15) is 14.6 Å². The van der Waals surface area contributed by atoms with Gasteiger partial charge in [0.25, 0.3) is 0 Å². The number of rotatable bonds is 16. The van der Waals surface area contributed by atoms with Crippen LogP contribution in [0.1, 0.15) is 82.8 Å². The van der Waals surface area contributed by atoms with Gasteiger partial charge >= 0.3 is 0 Å². The number of unbranched alkanes of at least 4 members (excludes halogenated alkanes) is 6. The number of hydrogen-bond donors (Lipinski definition) is 3. The van der Waals surface area contributed by atoms with E-state index in [1.54, 1.807) is 6.92 Å². The Balaban J connectivity index is 2.13. The first kappa shape index (κ1) is 24.4. The van der Waals surface area contributed by atoms with E-state index < -0.39 is 13.2 Å². The Labute approximate surface area is 166 Å². The van der Waals surface area contributed by atoms with Crippen molar-refractivity contribution in [2.45, 2.75) is 90.4 Å². The summed E-state index contributed by atoms with van der Waals surface area (Å²) in [6.45, 7) is 5.43. The van der Waals surface area contributed by atoms with E-state index in [4.69, 9.17) is 0 Å². The molecule has 4 nitrogen and oxygen atoms in total. The second-order valence-electron chi connectivity index (χ2n) is 7.59. The summed E-state index contributed by atoms with van der Waals surface area (Å²) in [5.74, 6) is -1.08. The highest BCUT2D eigenvalue weighted by molar-refractivity contribution is 7.58. The average Bonchev–Trinajstić information content (AvgIpc) is 2.67. The second kappa shape index (κ2) is 14.3. The van der Waals surface area contributed by atoms with Gasteiger partial charge in [0.05, 0.1) is 0 Å². The molecule has 2 unspecified atom stereocenters. The molecule has 0 fully saturated rings. The van der Waals surface area contributed by atoms with Crippen LogP contribution in [0.25, 0.3) is 0 Å². The third-order valence-electron chi connectivity index (χ3n) is 5.08. The lowest BCUT2D eigenvalue weighted by molar-refractivity contribution is 0.225. The summed E-state index contributed by atoms with van der Waals surface area (Å²) in [6, 6.07) is 8.77. The van der Waals surface area contributed by atoms with Gasteiger partial charge < -0.3 is 15.3 Å². The van der Waals surface area contributed by atoms with Gasteiger partial charge in [-0.25, -0.2) is 0 Å². The number of aliphatic hydroxyl groups is 1. The van der Waals surface area contributed by atoms with Crippen LogP contribution in [0.3, 0.4) is 0 Å². The summed E-state index contributed by atoms with van der Waals surface area (Å²) in [7, 11) is -3.41. The molecule has 3 N–H and O–H groups in total. The third kappa shape index (κ3) is 11.0. The normalized spacial score (nSPS) is 14.8. The quantitative estimate of drug-likeness (QED) is 0.256. The zero-order valence-corrected chi connectivity index (χ0v) is 18.2. The van der Waals surface area contributed by atoms with Crippen molar-refractivity contribution in [3.8, 4) is 0 Å². The van der Waals surface area contributed by atoms with Crippen LogP contribution in [0.2, 0.25) is 0 Å². The summed E-state index contributed by atoms with van der Waals surface area (Å²) in [6.07, 6.45) is 11.7. The molecule has 156 valence electrons. The maximum atomic E-state index is 11.9. The molecule has 0 aliphatic heterocycles. The molecular weight excluding hydrogens is 357 g/mol. The standard InChI is InChI=1S/C22H40NO3P/c1-3-5-6-7-8-9-10-12-20-13-15-21(16-14-20)19-23-17-11-18-27(25,26)22(24)4-2/h13-16,22-24H,3-12,17-19H2,1-2H3,(H,25,26). The molecule has 0 spiro atoms. The number of nitrogens with one attached hydrogen (secondary N) is 1.